The van der Waals surface area contributed by atoms with Gasteiger partial charge >= 0.3 is 5.97 Å². The Hall–Kier alpha value is -2.40. The SMILES string of the molecule is O=C(O)c1cccc(OCCNCc2cccc(F)c2)c1. The first-order valence-electron chi connectivity index (χ1n) is 6.56. The average Bonchev–Trinajstić information content (AvgIpc) is 2.47. The third-order valence-corrected chi connectivity index (χ3v) is 2.85. The van der Waals surface area contributed by atoms with E-state index in [0.29, 0.717) is 25.4 Å². The lowest BCUT2D eigenvalue weighted by atomic mass is 10.2. The third-order valence-electron chi connectivity index (χ3n) is 2.85. The zero-order valence-electron chi connectivity index (χ0n) is 11.4. The van der Waals surface area contributed by atoms with Gasteiger partial charge in [0.2, 0.25) is 0 Å². The molecule has 0 spiro atoms. The molecule has 0 saturated carbocycles. The second-order valence-electron chi connectivity index (χ2n) is 4.49. The molecule has 2 rings (SSSR count). The van der Waals surface area contributed by atoms with E-state index in [-0.39, 0.29) is 11.4 Å². The Morgan fingerprint density at radius 2 is 2.00 bits per heavy atom. The van der Waals surface area contributed by atoms with Crippen LogP contribution in [0.15, 0.2) is 48.5 Å². The second-order valence-corrected chi connectivity index (χ2v) is 4.49. The summed E-state index contributed by atoms with van der Waals surface area (Å²) < 4.78 is 18.4. The van der Waals surface area contributed by atoms with Crippen LogP contribution in [0, 0.1) is 5.82 Å². The molecular formula is C16H16FNO3. The Kier molecular flexibility index (Phi) is 5.29. The fourth-order valence-corrected chi connectivity index (χ4v) is 1.84. The number of rotatable bonds is 7. The van der Waals surface area contributed by atoms with Crippen LogP contribution in [0.5, 0.6) is 5.75 Å². The molecule has 0 bridgehead atoms. The molecular weight excluding hydrogens is 273 g/mol. The summed E-state index contributed by atoms with van der Waals surface area (Å²) >= 11 is 0. The minimum absolute atomic E-state index is 0.195. The molecule has 0 aliphatic carbocycles. The van der Waals surface area contributed by atoms with E-state index in [1.807, 2.05) is 6.07 Å². The molecule has 110 valence electrons. The lowest BCUT2D eigenvalue weighted by molar-refractivity contribution is 0.0696. The molecule has 0 saturated heterocycles. The van der Waals surface area contributed by atoms with E-state index in [1.165, 1.54) is 24.3 Å². The molecule has 21 heavy (non-hydrogen) atoms. The number of carboxylic acid groups (broad SMARTS) is 1. The van der Waals surface area contributed by atoms with Crippen LogP contribution in [-0.2, 0) is 6.54 Å². The van der Waals surface area contributed by atoms with Gasteiger partial charge in [-0.25, -0.2) is 9.18 Å². The minimum Gasteiger partial charge on any atom is -0.492 e. The van der Waals surface area contributed by atoms with Gasteiger partial charge in [0.25, 0.3) is 0 Å². The number of carboxylic acids is 1. The monoisotopic (exact) mass is 289 g/mol. The number of aromatic carboxylic acids is 1. The predicted molar refractivity (Wildman–Crippen MR) is 77.0 cm³/mol. The van der Waals surface area contributed by atoms with Crippen molar-refractivity contribution in [2.45, 2.75) is 6.54 Å². The highest BCUT2D eigenvalue weighted by molar-refractivity contribution is 5.87. The van der Waals surface area contributed by atoms with Gasteiger partial charge in [-0.1, -0.05) is 18.2 Å². The Labute approximate surface area is 122 Å². The average molecular weight is 289 g/mol. The standard InChI is InChI=1S/C16H16FNO3/c17-14-5-1-3-12(9-14)11-18-7-8-21-15-6-2-4-13(10-15)16(19)20/h1-6,9-10,18H,7-8,11H2,(H,19,20). The maximum atomic E-state index is 13.0. The molecule has 0 amide bonds. The van der Waals surface area contributed by atoms with E-state index in [9.17, 15) is 9.18 Å². The summed E-state index contributed by atoms with van der Waals surface area (Å²) in [4.78, 5) is 10.8. The summed E-state index contributed by atoms with van der Waals surface area (Å²) in [7, 11) is 0. The molecule has 0 aliphatic heterocycles. The van der Waals surface area contributed by atoms with Crippen LogP contribution in [0.3, 0.4) is 0 Å². The highest BCUT2D eigenvalue weighted by Crippen LogP contribution is 2.13. The van der Waals surface area contributed by atoms with Crippen molar-refractivity contribution < 1.29 is 19.0 Å². The first-order chi connectivity index (χ1) is 10.1. The molecule has 4 nitrogen and oxygen atoms in total. The van der Waals surface area contributed by atoms with E-state index in [1.54, 1.807) is 18.2 Å². The summed E-state index contributed by atoms with van der Waals surface area (Å²) in [6, 6.07) is 12.7. The second kappa shape index (κ2) is 7.40. The van der Waals surface area contributed by atoms with Gasteiger partial charge in [0, 0.05) is 13.1 Å². The van der Waals surface area contributed by atoms with Crippen molar-refractivity contribution in [1.82, 2.24) is 5.32 Å². The number of ether oxygens (including phenoxy) is 1. The van der Waals surface area contributed by atoms with Gasteiger partial charge < -0.3 is 15.2 Å². The van der Waals surface area contributed by atoms with Crippen LogP contribution in [-0.4, -0.2) is 24.2 Å². The molecule has 0 aromatic heterocycles. The van der Waals surface area contributed by atoms with E-state index >= 15 is 0 Å². The van der Waals surface area contributed by atoms with Gasteiger partial charge in [-0.3, -0.25) is 0 Å². The zero-order chi connectivity index (χ0) is 15.1. The molecule has 2 aromatic carbocycles. The molecule has 0 unspecified atom stereocenters. The summed E-state index contributed by atoms with van der Waals surface area (Å²) in [5.41, 5.74) is 1.06. The molecule has 0 aliphatic rings. The van der Waals surface area contributed by atoms with Crippen LogP contribution >= 0.6 is 0 Å². The van der Waals surface area contributed by atoms with E-state index < -0.39 is 5.97 Å². The highest BCUT2D eigenvalue weighted by Gasteiger charge is 2.03. The van der Waals surface area contributed by atoms with Gasteiger partial charge in [0.1, 0.15) is 18.2 Å². The van der Waals surface area contributed by atoms with Gasteiger partial charge in [0.05, 0.1) is 5.56 Å². The van der Waals surface area contributed by atoms with Crippen molar-refractivity contribution in [2.24, 2.45) is 0 Å². The fourth-order valence-electron chi connectivity index (χ4n) is 1.84. The summed E-state index contributed by atoms with van der Waals surface area (Å²) in [5.74, 6) is -0.719. The van der Waals surface area contributed by atoms with Gasteiger partial charge in [-0.2, -0.15) is 0 Å². The third kappa shape index (κ3) is 4.89. The van der Waals surface area contributed by atoms with Crippen molar-refractivity contribution >= 4 is 5.97 Å². The van der Waals surface area contributed by atoms with Crippen LogP contribution in [0.1, 0.15) is 15.9 Å². The maximum Gasteiger partial charge on any atom is 0.335 e. The number of hydrogen-bond acceptors (Lipinski definition) is 3. The normalized spacial score (nSPS) is 10.3. The van der Waals surface area contributed by atoms with E-state index in [4.69, 9.17) is 9.84 Å². The summed E-state index contributed by atoms with van der Waals surface area (Å²) in [6.45, 7) is 1.53. The molecule has 2 N–H and O–H groups in total. The fraction of sp³-hybridized carbons (Fsp3) is 0.188. The zero-order valence-corrected chi connectivity index (χ0v) is 11.4. The molecule has 5 heteroatoms. The molecule has 0 heterocycles. The molecule has 0 atom stereocenters. The Bertz CT molecular complexity index is 616. The Morgan fingerprint density at radius 1 is 1.19 bits per heavy atom. The van der Waals surface area contributed by atoms with Crippen molar-refractivity contribution in [3.05, 3.63) is 65.5 Å². The first kappa shape index (κ1) is 15.0. The largest absolute Gasteiger partial charge is 0.492 e. The lowest BCUT2D eigenvalue weighted by Gasteiger charge is -2.08. The highest BCUT2D eigenvalue weighted by atomic mass is 19.1. The number of hydrogen-bond donors (Lipinski definition) is 2. The number of carbonyl (C=O) groups is 1. The molecule has 2 aromatic rings. The van der Waals surface area contributed by atoms with Gasteiger partial charge in [-0.15, -0.1) is 0 Å². The topological polar surface area (TPSA) is 58.6 Å². The number of halogens is 1. The van der Waals surface area contributed by atoms with Gasteiger partial charge in [-0.05, 0) is 35.9 Å². The van der Waals surface area contributed by atoms with E-state index in [2.05, 4.69) is 5.32 Å². The molecule has 0 fully saturated rings. The van der Waals surface area contributed by atoms with Crippen LogP contribution < -0.4 is 10.1 Å². The number of benzene rings is 2. The summed E-state index contributed by atoms with van der Waals surface area (Å²) in [5, 5.41) is 12.0. The Balaban J connectivity index is 1.72. The minimum atomic E-state index is -0.982. The lowest BCUT2D eigenvalue weighted by Crippen LogP contribution is -2.20. The van der Waals surface area contributed by atoms with E-state index in [0.717, 1.165) is 5.56 Å². The van der Waals surface area contributed by atoms with Crippen molar-refractivity contribution in [3.63, 3.8) is 0 Å². The van der Waals surface area contributed by atoms with Crippen molar-refractivity contribution in [1.29, 1.82) is 0 Å². The maximum absolute atomic E-state index is 13.0. The quantitative estimate of drug-likeness (QED) is 0.769. The smallest absolute Gasteiger partial charge is 0.335 e. The van der Waals surface area contributed by atoms with Crippen molar-refractivity contribution in [3.8, 4) is 5.75 Å². The molecule has 0 radical (unpaired) electrons. The van der Waals surface area contributed by atoms with Crippen LogP contribution in [0.2, 0.25) is 0 Å². The van der Waals surface area contributed by atoms with Crippen LogP contribution in [0.25, 0.3) is 0 Å². The summed E-state index contributed by atoms with van der Waals surface area (Å²) in [6.07, 6.45) is 0. The van der Waals surface area contributed by atoms with Crippen LogP contribution in [0.4, 0.5) is 4.39 Å². The predicted octanol–water partition coefficient (Wildman–Crippen LogP) is 2.69. The first-order valence-corrected chi connectivity index (χ1v) is 6.56. The Morgan fingerprint density at radius 3 is 2.76 bits per heavy atom. The number of nitrogens with one attached hydrogen (secondary N) is 1. The van der Waals surface area contributed by atoms with Gasteiger partial charge in [0.15, 0.2) is 0 Å². The van der Waals surface area contributed by atoms with Crippen molar-refractivity contribution in [2.75, 3.05) is 13.2 Å².